The molecule has 2 rings (SSSR count). The van der Waals surface area contributed by atoms with Crippen molar-refractivity contribution in [2.24, 2.45) is 5.73 Å². The Morgan fingerprint density at radius 1 is 1.47 bits per heavy atom. The molecule has 15 heavy (non-hydrogen) atoms. The molecule has 7 heteroatoms. The van der Waals surface area contributed by atoms with E-state index in [0.717, 1.165) is 0 Å². The molecular formula is C8H7BrFN5. The number of nitrogens with zero attached hydrogens (tertiary/aromatic N) is 4. The van der Waals surface area contributed by atoms with Crippen LogP contribution in [0.5, 0.6) is 0 Å². The minimum absolute atomic E-state index is 0.190. The van der Waals surface area contributed by atoms with Gasteiger partial charge >= 0.3 is 0 Å². The minimum Gasteiger partial charge on any atom is -0.324 e. The second-order valence-corrected chi connectivity index (χ2v) is 3.66. The van der Waals surface area contributed by atoms with Crippen LogP contribution in [-0.4, -0.2) is 20.2 Å². The Bertz CT molecular complexity index is 484. The first-order chi connectivity index (χ1) is 7.22. The molecule has 2 N–H and O–H groups in total. The van der Waals surface area contributed by atoms with E-state index in [9.17, 15) is 4.39 Å². The number of tetrazole rings is 1. The largest absolute Gasteiger partial charge is 0.324 e. The van der Waals surface area contributed by atoms with Gasteiger partial charge in [-0.15, -0.1) is 5.10 Å². The van der Waals surface area contributed by atoms with Crippen LogP contribution >= 0.6 is 15.9 Å². The Labute approximate surface area is 93.2 Å². The van der Waals surface area contributed by atoms with Crippen molar-refractivity contribution < 1.29 is 4.39 Å². The quantitative estimate of drug-likeness (QED) is 0.886. The number of nitrogens with two attached hydrogens (primary N) is 1. The van der Waals surface area contributed by atoms with Crippen molar-refractivity contribution in [1.82, 2.24) is 20.2 Å². The summed E-state index contributed by atoms with van der Waals surface area (Å²) in [6.45, 7) is 0.190. The molecule has 0 atom stereocenters. The molecule has 0 aliphatic rings. The molecule has 0 saturated carbocycles. The normalized spacial score (nSPS) is 10.6. The molecule has 0 aliphatic heterocycles. The van der Waals surface area contributed by atoms with Crippen LogP contribution in [-0.2, 0) is 6.54 Å². The molecule has 0 bridgehead atoms. The smallest absolute Gasteiger partial charge is 0.170 e. The van der Waals surface area contributed by atoms with Gasteiger partial charge in [-0.2, -0.15) is 4.68 Å². The average Bonchev–Trinajstić information content (AvgIpc) is 2.69. The lowest BCUT2D eigenvalue weighted by Crippen LogP contribution is -2.08. The highest BCUT2D eigenvalue weighted by atomic mass is 79.9. The first-order valence-electron chi connectivity index (χ1n) is 4.15. The van der Waals surface area contributed by atoms with E-state index in [1.54, 1.807) is 6.07 Å². The van der Waals surface area contributed by atoms with Crippen molar-refractivity contribution in [2.75, 3.05) is 0 Å². The highest BCUT2D eigenvalue weighted by Crippen LogP contribution is 2.21. The van der Waals surface area contributed by atoms with Crippen molar-refractivity contribution >= 4 is 15.9 Å². The lowest BCUT2D eigenvalue weighted by Gasteiger charge is -2.05. The first-order valence-corrected chi connectivity index (χ1v) is 4.94. The van der Waals surface area contributed by atoms with E-state index in [1.807, 2.05) is 0 Å². The monoisotopic (exact) mass is 271 g/mol. The van der Waals surface area contributed by atoms with Gasteiger partial charge in [0.15, 0.2) is 5.82 Å². The summed E-state index contributed by atoms with van der Waals surface area (Å²) in [5.74, 6) is 0.118. The van der Waals surface area contributed by atoms with Gasteiger partial charge < -0.3 is 5.73 Å². The predicted octanol–water partition coefficient (Wildman–Crippen LogP) is 1.02. The van der Waals surface area contributed by atoms with Crippen molar-refractivity contribution in [3.8, 4) is 5.69 Å². The van der Waals surface area contributed by atoms with Crippen LogP contribution in [0.4, 0.5) is 4.39 Å². The van der Waals surface area contributed by atoms with Crippen LogP contribution in [0.1, 0.15) is 5.82 Å². The van der Waals surface area contributed by atoms with Crippen LogP contribution in [0.2, 0.25) is 0 Å². The van der Waals surface area contributed by atoms with E-state index in [4.69, 9.17) is 5.73 Å². The highest BCUT2D eigenvalue weighted by molar-refractivity contribution is 9.10. The van der Waals surface area contributed by atoms with Crippen LogP contribution in [0.15, 0.2) is 22.7 Å². The Morgan fingerprint density at radius 2 is 2.27 bits per heavy atom. The van der Waals surface area contributed by atoms with Crippen LogP contribution in [0, 0.1) is 5.82 Å². The fourth-order valence-electron chi connectivity index (χ4n) is 1.17. The lowest BCUT2D eigenvalue weighted by molar-refractivity contribution is 0.623. The topological polar surface area (TPSA) is 69.6 Å². The van der Waals surface area contributed by atoms with Crippen LogP contribution < -0.4 is 5.73 Å². The van der Waals surface area contributed by atoms with Gasteiger partial charge in [0, 0.05) is 10.5 Å². The third-order valence-electron chi connectivity index (χ3n) is 1.85. The molecule has 1 heterocycles. The Balaban J connectivity index is 2.58. The van der Waals surface area contributed by atoms with Gasteiger partial charge in [-0.25, -0.2) is 4.39 Å². The zero-order chi connectivity index (χ0) is 10.8. The molecule has 0 spiro atoms. The predicted molar refractivity (Wildman–Crippen MR) is 54.7 cm³/mol. The molecule has 0 amide bonds. The van der Waals surface area contributed by atoms with Crippen molar-refractivity contribution in [1.29, 1.82) is 0 Å². The standard InChI is InChI=1S/C8H7BrFN5/c9-6-2-1-5(10)3-7(6)15-8(4-11)12-13-14-15/h1-3H,4,11H2. The van der Waals surface area contributed by atoms with Crippen LogP contribution in [0.3, 0.4) is 0 Å². The van der Waals surface area contributed by atoms with Crippen molar-refractivity contribution in [3.05, 3.63) is 34.3 Å². The number of rotatable bonds is 2. The average molecular weight is 272 g/mol. The molecule has 0 radical (unpaired) electrons. The lowest BCUT2D eigenvalue weighted by atomic mass is 10.3. The molecule has 5 nitrogen and oxygen atoms in total. The van der Waals surface area contributed by atoms with Gasteiger partial charge in [0.2, 0.25) is 0 Å². The Kier molecular flexibility index (Phi) is 2.74. The Morgan fingerprint density at radius 3 is 3.00 bits per heavy atom. The molecular weight excluding hydrogens is 265 g/mol. The van der Waals surface area contributed by atoms with Gasteiger partial charge in [-0.3, -0.25) is 0 Å². The van der Waals surface area contributed by atoms with Crippen molar-refractivity contribution in [2.45, 2.75) is 6.54 Å². The van der Waals surface area contributed by atoms with Crippen molar-refractivity contribution in [3.63, 3.8) is 0 Å². The van der Waals surface area contributed by atoms with E-state index >= 15 is 0 Å². The van der Waals surface area contributed by atoms with E-state index in [1.165, 1.54) is 16.8 Å². The molecule has 0 unspecified atom stereocenters. The summed E-state index contributed by atoms with van der Waals surface area (Å²) >= 11 is 3.29. The second kappa shape index (κ2) is 4.03. The summed E-state index contributed by atoms with van der Waals surface area (Å²) in [5.41, 5.74) is 5.98. The SMILES string of the molecule is NCc1nnnn1-c1cc(F)ccc1Br. The van der Waals surface area contributed by atoms with E-state index in [-0.39, 0.29) is 12.4 Å². The van der Waals surface area contributed by atoms with Gasteiger partial charge in [0.05, 0.1) is 12.2 Å². The van der Waals surface area contributed by atoms with Crippen LogP contribution in [0.25, 0.3) is 5.69 Å². The summed E-state index contributed by atoms with van der Waals surface area (Å²) < 4.78 is 15.1. The zero-order valence-corrected chi connectivity index (χ0v) is 9.15. The van der Waals surface area contributed by atoms with E-state index in [2.05, 4.69) is 31.5 Å². The molecule has 0 aliphatic carbocycles. The van der Waals surface area contributed by atoms with E-state index < -0.39 is 0 Å². The summed E-state index contributed by atoms with van der Waals surface area (Å²) in [5, 5.41) is 10.9. The zero-order valence-electron chi connectivity index (χ0n) is 7.56. The van der Waals surface area contributed by atoms with Gasteiger partial charge in [-0.05, 0) is 38.5 Å². The molecule has 1 aromatic carbocycles. The van der Waals surface area contributed by atoms with Gasteiger partial charge in [0.1, 0.15) is 5.82 Å². The molecule has 0 saturated heterocycles. The third kappa shape index (κ3) is 1.88. The third-order valence-corrected chi connectivity index (χ3v) is 2.52. The molecule has 2 aromatic rings. The number of aromatic nitrogens is 4. The van der Waals surface area contributed by atoms with Gasteiger partial charge in [0.25, 0.3) is 0 Å². The summed E-state index contributed by atoms with van der Waals surface area (Å²) in [7, 11) is 0. The first kappa shape index (κ1) is 10.2. The minimum atomic E-state index is -0.355. The maximum Gasteiger partial charge on any atom is 0.170 e. The summed E-state index contributed by atoms with van der Waals surface area (Å²) in [4.78, 5) is 0. The maximum atomic E-state index is 13.0. The highest BCUT2D eigenvalue weighted by Gasteiger charge is 2.10. The number of hydrogen-bond donors (Lipinski definition) is 1. The summed E-state index contributed by atoms with van der Waals surface area (Å²) in [6, 6.07) is 4.27. The fraction of sp³-hybridized carbons (Fsp3) is 0.125. The Hall–Kier alpha value is -1.34. The summed E-state index contributed by atoms with van der Waals surface area (Å²) in [6.07, 6.45) is 0. The number of hydrogen-bond acceptors (Lipinski definition) is 4. The molecule has 0 fully saturated rings. The second-order valence-electron chi connectivity index (χ2n) is 2.81. The number of benzene rings is 1. The molecule has 1 aromatic heterocycles. The maximum absolute atomic E-state index is 13.0. The molecule has 78 valence electrons. The van der Waals surface area contributed by atoms with E-state index in [0.29, 0.717) is 16.0 Å². The fourth-order valence-corrected chi connectivity index (χ4v) is 1.58. The number of halogens is 2. The van der Waals surface area contributed by atoms with Gasteiger partial charge in [-0.1, -0.05) is 0 Å².